The summed E-state index contributed by atoms with van der Waals surface area (Å²) in [6, 6.07) is 4.64. The Hall–Kier alpha value is -1.64. The van der Waals surface area contributed by atoms with Gasteiger partial charge in [0.2, 0.25) is 0 Å². The van der Waals surface area contributed by atoms with Crippen LogP contribution in [0.1, 0.15) is 26.3 Å². The van der Waals surface area contributed by atoms with Crippen molar-refractivity contribution in [3.63, 3.8) is 0 Å². The molecule has 2 rings (SSSR count). The van der Waals surface area contributed by atoms with E-state index in [0.717, 1.165) is 5.56 Å². The van der Waals surface area contributed by atoms with Crippen molar-refractivity contribution in [2.75, 3.05) is 0 Å². The first-order valence-electron chi connectivity index (χ1n) is 5.63. The fourth-order valence-corrected chi connectivity index (χ4v) is 2.05. The molecule has 0 spiro atoms. The van der Waals surface area contributed by atoms with Crippen LogP contribution in [-0.4, -0.2) is 4.57 Å². The molecule has 1 aromatic heterocycles. The molecule has 0 atom stereocenters. The zero-order chi connectivity index (χ0) is 12.8. The number of pyridine rings is 1. The molecule has 1 heterocycles. The van der Waals surface area contributed by atoms with Crippen molar-refractivity contribution in [3.05, 3.63) is 46.1 Å². The zero-order valence-electron chi connectivity index (χ0n) is 10.5. The summed E-state index contributed by atoms with van der Waals surface area (Å²) >= 11 is 0. The molecule has 90 valence electrons. The number of hydrogen-bond acceptors (Lipinski definition) is 1. The molecule has 0 aliphatic heterocycles. The van der Waals surface area contributed by atoms with Crippen LogP contribution in [0.3, 0.4) is 0 Å². The largest absolute Gasteiger partial charge is 0.309 e. The van der Waals surface area contributed by atoms with Crippen LogP contribution in [0.15, 0.2) is 29.2 Å². The van der Waals surface area contributed by atoms with Crippen molar-refractivity contribution in [1.82, 2.24) is 4.57 Å². The lowest BCUT2D eigenvalue weighted by atomic mass is 10.0. The predicted molar refractivity (Wildman–Crippen MR) is 67.9 cm³/mol. The number of aryl methyl sites for hydroxylation is 1. The van der Waals surface area contributed by atoms with E-state index < -0.39 is 0 Å². The first kappa shape index (κ1) is 11.8. The summed E-state index contributed by atoms with van der Waals surface area (Å²) in [6.07, 6.45) is 1.73. The van der Waals surface area contributed by atoms with Crippen LogP contribution in [0.2, 0.25) is 0 Å². The van der Waals surface area contributed by atoms with E-state index in [1.165, 1.54) is 6.07 Å². The Morgan fingerprint density at radius 1 is 1.24 bits per heavy atom. The minimum absolute atomic E-state index is 0.141. The van der Waals surface area contributed by atoms with Crippen molar-refractivity contribution in [2.45, 2.75) is 33.2 Å². The monoisotopic (exact) mass is 233 g/mol. The summed E-state index contributed by atoms with van der Waals surface area (Å²) in [5.41, 5.74) is 0.341. The second-order valence-corrected chi connectivity index (χ2v) is 5.32. The van der Waals surface area contributed by atoms with Gasteiger partial charge in [-0.2, -0.15) is 0 Å². The summed E-state index contributed by atoms with van der Waals surface area (Å²) in [5.74, 6) is -0.335. The number of fused-ring (bicyclic) bond motifs is 1. The van der Waals surface area contributed by atoms with Crippen LogP contribution in [0.25, 0.3) is 10.8 Å². The van der Waals surface area contributed by atoms with Gasteiger partial charge in [0.15, 0.2) is 0 Å². The van der Waals surface area contributed by atoms with Gasteiger partial charge in [0, 0.05) is 17.1 Å². The number of halogens is 1. The number of hydrogen-bond donors (Lipinski definition) is 0. The lowest BCUT2D eigenvalue weighted by molar-refractivity contribution is 0.385. The highest BCUT2D eigenvalue weighted by molar-refractivity contribution is 5.85. The molecule has 0 aliphatic rings. The molecular formula is C14H16FNO. The minimum atomic E-state index is -0.335. The maximum Gasteiger partial charge on any atom is 0.259 e. The van der Waals surface area contributed by atoms with E-state index in [1.54, 1.807) is 22.9 Å². The molecule has 0 aliphatic carbocycles. The lowest BCUT2D eigenvalue weighted by Gasteiger charge is -2.23. The molecule has 0 N–H and O–H groups in total. The second kappa shape index (κ2) is 3.69. The van der Waals surface area contributed by atoms with Crippen LogP contribution < -0.4 is 5.56 Å². The zero-order valence-corrected chi connectivity index (χ0v) is 10.5. The Morgan fingerprint density at radius 2 is 1.88 bits per heavy atom. The van der Waals surface area contributed by atoms with E-state index in [2.05, 4.69) is 0 Å². The molecule has 0 amide bonds. The van der Waals surface area contributed by atoms with Gasteiger partial charge in [-0.25, -0.2) is 4.39 Å². The van der Waals surface area contributed by atoms with E-state index in [1.807, 2.05) is 27.7 Å². The minimum Gasteiger partial charge on any atom is -0.309 e. The van der Waals surface area contributed by atoms with Crippen LogP contribution in [0.4, 0.5) is 4.39 Å². The SMILES string of the molecule is Cc1cn(C(C)(C)C)c(=O)c2cccc(F)c12. The van der Waals surface area contributed by atoms with Gasteiger partial charge in [-0.3, -0.25) is 4.79 Å². The van der Waals surface area contributed by atoms with Crippen molar-refractivity contribution < 1.29 is 4.39 Å². The normalized spacial score (nSPS) is 12.1. The van der Waals surface area contributed by atoms with E-state index in [4.69, 9.17) is 0 Å². The summed E-state index contributed by atoms with van der Waals surface area (Å²) in [5, 5.41) is 0.873. The smallest absolute Gasteiger partial charge is 0.259 e. The number of nitrogens with zero attached hydrogens (tertiary/aromatic N) is 1. The van der Waals surface area contributed by atoms with Gasteiger partial charge in [0.25, 0.3) is 5.56 Å². The Bertz CT molecular complexity index is 635. The van der Waals surface area contributed by atoms with Gasteiger partial charge < -0.3 is 4.57 Å². The fraction of sp³-hybridized carbons (Fsp3) is 0.357. The first-order valence-corrected chi connectivity index (χ1v) is 5.63. The first-order chi connectivity index (χ1) is 7.82. The van der Waals surface area contributed by atoms with E-state index in [-0.39, 0.29) is 16.9 Å². The number of benzene rings is 1. The standard InChI is InChI=1S/C14H16FNO/c1-9-8-16(14(2,3)4)13(17)10-6-5-7-11(15)12(9)10/h5-8H,1-4H3. The molecule has 0 saturated carbocycles. The predicted octanol–water partition coefficient (Wildman–Crippen LogP) is 3.20. The summed E-state index contributed by atoms with van der Waals surface area (Å²) in [7, 11) is 0. The van der Waals surface area contributed by atoms with Gasteiger partial charge in [-0.1, -0.05) is 6.07 Å². The topological polar surface area (TPSA) is 22.0 Å². The summed E-state index contributed by atoms with van der Waals surface area (Å²) in [6.45, 7) is 7.70. The molecule has 0 unspecified atom stereocenters. The molecule has 17 heavy (non-hydrogen) atoms. The van der Waals surface area contributed by atoms with Crippen molar-refractivity contribution in [3.8, 4) is 0 Å². The van der Waals surface area contributed by atoms with Crippen LogP contribution >= 0.6 is 0 Å². The van der Waals surface area contributed by atoms with Gasteiger partial charge in [-0.15, -0.1) is 0 Å². The summed E-state index contributed by atoms with van der Waals surface area (Å²) in [4.78, 5) is 12.3. The Balaban J connectivity index is 2.97. The summed E-state index contributed by atoms with van der Waals surface area (Å²) < 4.78 is 15.4. The van der Waals surface area contributed by atoms with Crippen LogP contribution in [-0.2, 0) is 5.54 Å². The molecule has 3 heteroatoms. The molecule has 0 fully saturated rings. The van der Waals surface area contributed by atoms with E-state index >= 15 is 0 Å². The second-order valence-electron chi connectivity index (χ2n) is 5.32. The Morgan fingerprint density at radius 3 is 2.47 bits per heavy atom. The third-order valence-electron chi connectivity index (χ3n) is 2.90. The third-order valence-corrected chi connectivity index (χ3v) is 2.90. The average molecular weight is 233 g/mol. The van der Waals surface area contributed by atoms with E-state index in [9.17, 15) is 9.18 Å². The molecule has 1 aromatic carbocycles. The Labute approximate surface area is 99.7 Å². The quantitative estimate of drug-likeness (QED) is 0.685. The molecule has 0 bridgehead atoms. The van der Waals surface area contributed by atoms with Gasteiger partial charge in [-0.05, 0) is 45.4 Å². The highest BCUT2D eigenvalue weighted by Gasteiger charge is 2.18. The van der Waals surface area contributed by atoms with Crippen LogP contribution in [0.5, 0.6) is 0 Å². The van der Waals surface area contributed by atoms with Gasteiger partial charge >= 0.3 is 0 Å². The molecule has 0 saturated heterocycles. The molecule has 0 radical (unpaired) electrons. The van der Waals surface area contributed by atoms with Crippen molar-refractivity contribution in [2.24, 2.45) is 0 Å². The molecule has 2 nitrogen and oxygen atoms in total. The average Bonchev–Trinajstić information content (AvgIpc) is 2.21. The highest BCUT2D eigenvalue weighted by Crippen LogP contribution is 2.21. The van der Waals surface area contributed by atoms with Gasteiger partial charge in [0.05, 0.1) is 5.39 Å². The Kier molecular flexibility index (Phi) is 2.57. The number of rotatable bonds is 0. The third kappa shape index (κ3) is 1.86. The van der Waals surface area contributed by atoms with Gasteiger partial charge in [0.1, 0.15) is 5.82 Å². The lowest BCUT2D eigenvalue weighted by Crippen LogP contribution is -2.33. The molecular weight excluding hydrogens is 217 g/mol. The van der Waals surface area contributed by atoms with Crippen molar-refractivity contribution in [1.29, 1.82) is 0 Å². The number of aromatic nitrogens is 1. The maximum absolute atomic E-state index is 13.7. The fourth-order valence-electron chi connectivity index (χ4n) is 2.05. The van der Waals surface area contributed by atoms with Crippen molar-refractivity contribution >= 4 is 10.8 Å². The van der Waals surface area contributed by atoms with Crippen LogP contribution in [0, 0.1) is 12.7 Å². The molecule has 2 aromatic rings. The maximum atomic E-state index is 13.7. The van der Waals surface area contributed by atoms with E-state index in [0.29, 0.717) is 10.8 Å². The highest BCUT2D eigenvalue weighted by atomic mass is 19.1.